The van der Waals surface area contributed by atoms with E-state index in [1.165, 1.54) is 6.07 Å². The molecule has 88 valence electrons. The smallest absolute Gasteiger partial charge is 0.375 e. The molecule has 0 radical (unpaired) electrons. The zero-order valence-electron chi connectivity index (χ0n) is 8.17. The third-order valence-corrected chi connectivity index (χ3v) is 3.20. The van der Waals surface area contributed by atoms with Crippen molar-refractivity contribution in [2.45, 2.75) is 6.18 Å². The van der Waals surface area contributed by atoms with Gasteiger partial charge < -0.3 is 10.7 Å². The predicted molar refractivity (Wildman–Crippen MR) is 58.7 cm³/mol. The van der Waals surface area contributed by atoms with Crippen molar-refractivity contribution in [3.8, 4) is 0 Å². The number of imidazole rings is 1. The quantitative estimate of drug-likeness (QED) is 0.651. The van der Waals surface area contributed by atoms with Gasteiger partial charge in [-0.3, -0.25) is 0 Å². The fourth-order valence-corrected chi connectivity index (χ4v) is 2.43. The van der Waals surface area contributed by atoms with Crippen molar-refractivity contribution in [2.24, 2.45) is 0 Å². The van der Waals surface area contributed by atoms with E-state index in [1.54, 1.807) is 6.07 Å². The summed E-state index contributed by atoms with van der Waals surface area (Å²) in [7, 11) is 0. The van der Waals surface area contributed by atoms with Crippen molar-refractivity contribution >= 4 is 37.7 Å². The van der Waals surface area contributed by atoms with E-state index in [9.17, 15) is 13.2 Å². The number of thiazole rings is 1. The van der Waals surface area contributed by atoms with Gasteiger partial charge in [0, 0.05) is 0 Å². The van der Waals surface area contributed by atoms with E-state index in [0.29, 0.717) is 20.9 Å². The number of benzene rings is 1. The first-order valence-corrected chi connectivity index (χ1v) is 5.39. The van der Waals surface area contributed by atoms with Gasteiger partial charge in [0.25, 0.3) is 0 Å². The van der Waals surface area contributed by atoms with Gasteiger partial charge in [-0.25, -0.2) is 9.97 Å². The van der Waals surface area contributed by atoms with Gasteiger partial charge in [-0.2, -0.15) is 13.2 Å². The van der Waals surface area contributed by atoms with Crippen LogP contribution in [0.1, 0.15) is 5.82 Å². The molecule has 2 heterocycles. The normalized spacial score (nSPS) is 12.6. The van der Waals surface area contributed by atoms with Crippen molar-refractivity contribution in [3.05, 3.63) is 18.0 Å². The molecule has 3 rings (SSSR count). The standard InChI is InChI=1S/C9H5F3N4S/c10-9(11,12)7-14-3-1-2-4-6(5(3)16-7)17-8(13)15-4/h1-2H,(H2,13,15)(H,14,16). The number of aromatic nitrogens is 3. The largest absolute Gasteiger partial charge is 0.449 e. The van der Waals surface area contributed by atoms with Crippen LogP contribution in [-0.2, 0) is 6.18 Å². The number of nitrogens with zero attached hydrogens (tertiary/aromatic N) is 2. The Morgan fingerprint density at radius 1 is 1.24 bits per heavy atom. The molecule has 0 saturated carbocycles. The second-order valence-electron chi connectivity index (χ2n) is 3.45. The Bertz CT molecular complexity index is 712. The van der Waals surface area contributed by atoms with Gasteiger partial charge >= 0.3 is 6.18 Å². The van der Waals surface area contributed by atoms with Crippen molar-refractivity contribution in [3.63, 3.8) is 0 Å². The van der Waals surface area contributed by atoms with Gasteiger partial charge in [0.2, 0.25) is 5.82 Å². The first kappa shape index (κ1) is 10.3. The Morgan fingerprint density at radius 3 is 2.71 bits per heavy atom. The summed E-state index contributed by atoms with van der Waals surface area (Å²) in [6.45, 7) is 0. The zero-order valence-corrected chi connectivity index (χ0v) is 8.99. The average Bonchev–Trinajstić information content (AvgIpc) is 2.76. The molecule has 4 nitrogen and oxygen atoms in total. The molecule has 0 amide bonds. The predicted octanol–water partition coefficient (Wildman–Crippen LogP) is 2.77. The molecule has 0 aliphatic carbocycles. The number of anilines is 1. The van der Waals surface area contributed by atoms with E-state index >= 15 is 0 Å². The van der Waals surface area contributed by atoms with Gasteiger partial charge in [-0.15, -0.1) is 0 Å². The van der Waals surface area contributed by atoms with E-state index < -0.39 is 12.0 Å². The number of nitrogen functional groups attached to an aromatic ring is 1. The summed E-state index contributed by atoms with van der Waals surface area (Å²) >= 11 is 1.12. The average molecular weight is 258 g/mol. The molecule has 0 bridgehead atoms. The third kappa shape index (κ3) is 1.52. The van der Waals surface area contributed by atoms with E-state index in [4.69, 9.17) is 5.73 Å². The maximum absolute atomic E-state index is 12.5. The summed E-state index contributed by atoms with van der Waals surface area (Å²) in [5, 5.41) is 0.309. The summed E-state index contributed by atoms with van der Waals surface area (Å²) in [6.07, 6.45) is -4.48. The highest BCUT2D eigenvalue weighted by molar-refractivity contribution is 7.22. The summed E-state index contributed by atoms with van der Waals surface area (Å²) in [6, 6.07) is 3.13. The molecule has 17 heavy (non-hydrogen) atoms. The minimum Gasteiger partial charge on any atom is -0.375 e. The van der Waals surface area contributed by atoms with Crippen LogP contribution in [0.5, 0.6) is 0 Å². The highest BCUT2D eigenvalue weighted by atomic mass is 32.1. The van der Waals surface area contributed by atoms with Gasteiger partial charge in [-0.05, 0) is 12.1 Å². The lowest BCUT2D eigenvalue weighted by atomic mass is 10.3. The Balaban J connectivity index is 2.38. The molecule has 0 fully saturated rings. The second-order valence-corrected chi connectivity index (χ2v) is 4.48. The van der Waals surface area contributed by atoms with Crippen LogP contribution in [0.4, 0.5) is 18.3 Å². The minimum absolute atomic E-state index is 0.254. The molecular formula is C9H5F3N4S. The maximum atomic E-state index is 12.5. The highest BCUT2D eigenvalue weighted by Gasteiger charge is 2.35. The maximum Gasteiger partial charge on any atom is 0.449 e. The van der Waals surface area contributed by atoms with E-state index in [2.05, 4.69) is 15.0 Å². The first-order chi connectivity index (χ1) is 7.95. The Kier molecular flexibility index (Phi) is 1.88. The lowest BCUT2D eigenvalue weighted by Gasteiger charge is -1.98. The van der Waals surface area contributed by atoms with Gasteiger partial charge in [0.05, 0.1) is 15.7 Å². The molecule has 0 atom stereocenters. The SMILES string of the molecule is Nc1nc2ccc3[nH]c(C(F)(F)F)nc3c2s1. The molecule has 0 aliphatic rings. The second kappa shape index (κ2) is 3.10. The summed E-state index contributed by atoms with van der Waals surface area (Å²) in [5.41, 5.74) is 6.66. The third-order valence-electron chi connectivity index (χ3n) is 2.29. The van der Waals surface area contributed by atoms with Crippen molar-refractivity contribution in [1.82, 2.24) is 15.0 Å². The molecule has 0 aliphatic heterocycles. The summed E-state index contributed by atoms with van der Waals surface area (Å²) in [5.74, 6) is -1.01. The lowest BCUT2D eigenvalue weighted by molar-refractivity contribution is -0.144. The molecule has 8 heteroatoms. The number of aromatic amines is 1. The summed E-state index contributed by atoms with van der Waals surface area (Å²) < 4.78 is 38.1. The van der Waals surface area contributed by atoms with Gasteiger partial charge in [0.15, 0.2) is 5.13 Å². The first-order valence-electron chi connectivity index (χ1n) is 4.57. The monoisotopic (exact) mass is 258 g/mol. The molecule has 0 spiro atoms. The fraction of sp³-hybridized carbons (Fsp3) is 0.111. The molecule has 2 aromatic heterocycles. The lowest BCUT2D eigenvalue weighted by Crippen LogP contribution is -2.06. The Hall–Kier alpha value is -1.83. The molecule has 3 aromatic rings. The summed E-state index contributed by atoms with van der Waals surface area (Å²) in [4.78, 5) is 9.79. The number of nitrogens with two attached hydrogens (primary N) is 1. The highest BCUT2D eigenvalue weighted by Crippen LogP contribution is 2.33. The van der Waals surface area contributed by atoms with Crippen LogP contribution in [0.25, 0.3) is 21.3 Å². The molecule has 3 N–H and O–H groups in total. The number of alkyl halides is 3. The van der Waals surface area contributed by atoms with Crippen LogP contribution < -0.4 is 5.73 Å². The Morgan fingerprint density at radius 2 is 2.00 bits per heavy atom. The Labute approximate surface area is 96.3 Å². The van der Waals surface area contributed by atoms with Gasteiger partial charge in [0.1, 0.15) is 5.52 Å². The van der Waals surface area contributed by atoms with E-state index in [-0.39, 0.29) is 5.52 Å². The number of halogens is 3. The van der Waals surface area contributed by atoms with Crippen molar-refractivity contribution in [2.75, 3.05) is 5.73 Å². The van der Waals surface area contributed by atoms with Gasteiger partial charge in [-0.1, -0.05) is 11.3 Å². The van der Waals surface area contributed by atoms with Crippen molar-refractivity contribution in [1.29, 1.82) is 0 Å². The molecule has 0 saturated heterocycles. The topological polar surface area (TPSA) is 67.6 Å². The van der Waals surface area contributed by atoms with Crippen LogP contribution >= 0.6 is 11.3 Å². The van der Waals surface area contributed by atoms with Crippen LogP contribution in [0.2, 0.25) is 0 Å². The van der Waals surface area contributed by atoms with E-state index in [1.807, 2.05) is 0 Å². The number of hydrogen-bond acceptors (Lipinski definition) is 4. The van der Waals surface area contributed by atoms with Crippen LogP contribution in [0.3, 0.4) is 0 Å². The van der Waals surface area contributed by atoms with Crippen LogP contribution in [0, 0.1) is 0 Å². The number of nitrogens with one attached hydrogen (secondary N) is 1. The number of H-pyrrole nitrogens is 1. The molecule has 1 aromatic carbocycles. The van der Waals surface area contributed by atoms with Crippen molar-refractivity contribution < 1.29 is 13.2 Å². The van der Waals surface area contributed by atoms with E-state index in [0.717, 1.165) is 11.3 Å². The molecular weight excluding hydrogens is 253 g/mol. The molecule has 0 unspecified atom stereocenters. The van der Waals surface area contributed by atoms with Crippen LogP contribution in [-0.4, -0.2) is 15.0 Å². The van der Waals surface area contributed by atoms with Crippen LogP contribution in [0.15, 0.2) is 12.1 Å². The number of hydrogen-bond donors (Lipinski definition) is 2. The zero-order chi connectivity index (χ0) is 12.2. The number of rotatable bonds is 0. The fourth-order valence-electron chi connectivity index (χ4n) is 1.61. The number of fused-ring (bicyclic) bond motifs is 3. The minimum atomic E-state index is -4.48.